The number of rotatable bonds is 6. The van der Waals surface area contributed by atoms with E-state index in [0.717, 1.165) is 11.4 Å². The summed E-state index contributed by atoms with van der Waals surface area (Å²) in [6.07, 6.45) is 1.67. The van der Waals surface area contributed by atoms with Gasteiger partial charge >= 0.3 is 0 Å². The number of halogens is 2. The third-order valence-corrected chi connectivity index (χ3v) is 5.69. The van der Waals surface area contributed by atoms with Crippen LogP contribution in [-0.4, -0.2) is 25.7 Å². The second-order valence-corrected chi connectivity index (χ2v) is 7.61. The van der Waals surface area contributed by atoms with Crippen LogP contribution >= 0.6 is 23.4 Å². The first-order valence-electron chi connectivity index (χ1n) is 8.69. The van der Waals surface area contributed by atoms with E-state index in [1.54, 1.807) is 18.3 Å². The first-order valence-corrected chi connectivity index (χ1v) is 10.1. The van der Waals surface area contributed by atoms with Gasteiger partial charge in [-0.1, -0.05) is 23.4 Å². The smallest absolute Gasteiger partial charge is 0.273 e. The summed E-state index contributed by atoms with van der Waals surface area (Å²) in [5.74, 6) is -0.401. The predicted molar refractivity (Wildman–Crippen MR) is 109 cm³/mol. The van der Waals surface area contributed by atoms with Crippen LogP contribution in [0.15, 0.2) is 46.5 Å². The van der Waals surface area contributed by atoms with E-state index in [-0.39, 0.29) is 22.1 Å². The Morgan fingerprint density at radius 3 is 2.68 bits per heavy atom. The van der Waals surface area contributed by atoms with E-state index in [2.05, 4.69) is 4.98 Å². The van der Waals surface area contributed by atoms with Gasteiger partial charge in [0.2, 0.25) is 0 Å². The molecule has 0 aliphatic rings. The van der Waals surface area contributed by atoms with Crippen molar-refractivity contribution in [3.8, 4) is 5.69 Å². The Bertz CT molecular complexity index is 1110. The second kappa shape index (κ2) is 8.32. The summed E-state index contributed by atoms with van der Waals surface area (Å²) < 4.78 is 17.2. The zero-order valence-electron chi connectivity index (χ0n) is 15.7. The SMILES string of the molecule is CCn1ccc(=O)nc1SCC(=O)c1cc(C)n(-c2ccc(F)c(Cl)c2)c1C. The van der Waals surface area contributed by atoms with Gasteiger partial charge in [0.15, 0.2) is 10.9 Å². The minimum Gasteiger partial charge on any atom is -0.328 e. The number of aryl methyl sites for hydroxylation is 2. The van der Waals surface area contributed by atoms with Gasteiger partial charge in [-0.2, -0.15) is 4.98 Å². The number of hydrogen-bond acceptors (Lipinski definition) is 4. The maximum atomic E-state index is 13.5. The number of thioether (sulfide) groups is 1. The lowest BCUT2D eigenvalue weighted by Gasteiger charge is -2.11. The molecule has 0 saturated carbocycles. The summed E-state index contributed by atoms with van der Waals surface area (Å²) in [5.41, 5.74) is 2.53. The van der Waals surface area contributed by atoms with Crippen LogP contribution in [0.5, 0.6) is 0 Å². The van der Waals surface area contributed by atoms with Crippen molar-refractivity contribution in [3.63, 3.8) is 0 Å². The van der Waals surface area contributed by atoms with Gasteiger partial charge in [0, 0.05) is 41.4 Å². The highest BCUT2D eigenvalue weighted by molar-refractivity contribution is 7.99. The summed E-state index contributed by atoms with van der Waals surface area (Å²) in [5, 5.41) is 0.545. The van der Waals surface area contributed by atoms with Gasteiger partial charge in [-0.25, -0.2) is 4.39 Å². The minimum atomic E-state index is -0.488. The first kappa shape index (κ1) is 20.4. The average molecular weight is 420 g/mol. The Hall–Kier alpha value is -2.38. The molecule has 146 valence electrons. The molecule has 2 aromatic heterocycles. The van der Waals surface area contributed by atoms with Crippen LogP contribution in [0, 0.1) is 19.7 Å². The van der Waals surface area contributed by atoms with E-state index in [4.69, 9.17) is 11.6 Å². The van der Waals surface area contributed by atoms with E-state index in [1.165, 1.54) is 30.0 Å². The summed E-state index contributed by atoms with van der Waals surface area (Å²) in [6, 6.07) is 7.67. The molecule has 1 aromatic carbocycles. The molecular weight excluding hydrogens is 401 g/mol. The van der Waals surface area contributed by atoms with E-state index >= 15 is 0 Å². The number of aromatic nitrogens is 3. The van der Waals surface area contributed by atoms with E-state index < -0.39 is 5.82 Å². The van der Waals surface area contributed by atoms with Crippen molar-refractivity contribution in [2.45, 2.75) is 32.5 Å². The molecule has 0 spiro atoms. The van der Waals surface area contributed by atoms with Crippen molar-refractivity contribution >= 4 is 29.1 Å². The Balaban J connectivity index is 1.86. The van der Waals surface area contributed by atoms with Crippen molar-refractivity contribution in [2.24, 2.45) is 0 Å². The molecule has 0 aliphatic carbocycles. The summed E-state index contributed by atoms with van der Waals surface area (Å²) in [6.45, 7) is 6.32. The standard InChI is InChI=1S/C20H19ClFN3O2S/c1-4-24-8-7-19(27)23-20(24)28-11-18(26)15-9-12(2)25(13(15)3)14-5-6-17(22)16(21)10-14/h5-10H,4,11H2,1-3H3. The molecule has 5 nitrogen and oxygen atoms in total. The van der Waals surface area contributed by atoms with Crippen LogP contribution in [0.1, 0.15) is 28.7 Å². The molecule has 0 fully saturated rings. The maximum Gasteiger partial charge on any atom is 0.273 e. The Kier molecular flexibility index (Phi) is 6.05. The molecular formula is C20H19ClFN3O2S. The van der Waals surface area contributed by atoms with Crippen LogP contribution in [0.25, 0.3) is 5.69 Å². The highest BCUT2D eigenvalue weighted by atomic mass is 35.5. The molecule has 0 amide bonds. The number of carbonyl (C=O) groups is 1. The van der Waals surface area contributed by atoms with Crippen molar-refractivity contribution in [2.75, 3.05) is 5.75 Å². The van der Waals surface area contributed by atoms with Crippen molar-refractivity contribution in [1.29, 1.82) is 0 Å². The monoisotopic (exact) mass is 419 g/mol. The summed E-state index contributed by atoms with van der Waals surface area (Å²) in [4.78, 5) is 28.3. The molecule has 0 N–H and O–H groups in total. The predicted octanol–water partition coefficient (Wildman–Crippen LogP) is 4.44. The molecule has 0 radical (unpaired) electrons. The average Bonchev–Trinajstić information content (AvgIpc) is 2.96. The Morgan fingerprint density at radius 1 is 1.25 bits per heavy atom. The van der Waals surface area contributed by atoms with Gasteiger partial charge in [-0.3, -0.25) is 9.59 Å². The lowest BCUT2D eigenvalue weighted by Crippen LogP contribution is -2.14. The fourth-order valence-corrected chi connectivity index (χ4v) is 4.14. The molecule has 3 aromatic rings. The molecule has 0 bridgehead atoms. The van der Waals surface area contributed by atoms with Gasteiger partial charge in [-0.15, -0.1) is 0 Å². The van der Waals surface area contributed by atoms with Crippen LogP contribution in [0.2, 0.25) is 5.02 Å². The number of nitrogens with zero attached hydrogens (tertiary/aromatic N) is 3. The lowest BCUT2D eigenvalue weighted by atomic mass is 10.2. The van der Waals surface area contributed by atoms with Crippen molar-refractivity contribution in [3.05, 3.63) is 74.7 Å². The molecule has 2 heterocycles. The quantitative estimate of drug-likeness (QED) is 0.337. The molecule has 0 saturated heterocycles. The lowest BCUT2D eigenvalue weighted by molar-refractivity contribution is 0.102. The fourth-order valence-electron chi connectivity index (χ4n) is 3.04. The van der Waals surface area contributed by atoms with Crippen LogP contribution < -0.4 is 5.56 Å². The highest BCUT2D eigenvalue weighted by Crippen LogP contribution is 2.26. The third-order valence-electron chi connectivity index (χ3n) is 4.41. The molecule has 0 atom stereocenters. The molecule has 8 heteroatoms. The van der Waals surface area contributed by atoms with Gasteiger partial charge in [0.05, 0.1) is 10.8 Å². The Labute approximate surface area is 171 Å². The maximum absolute atomic E-state index is 13.5. The highest BCUT2D eigenvalue weighted by Gasteiger charge is 2.18. The van der Waals surface area contributed by atoms with Gasteiger partial charge < -0.3 is 9.13 Å². The summed E-state index contributed by atoms with van der Waals surface area (Å²) >= 11 is 7.14. The van der Waals surface area contributed by atoms with Gasteiger partial charge in [-0.05, 0) is 45.0 Å². The van der Waals surface area contributed by atoms with E-state index in [0.29, 0.717) is 23.0 Å². The number of carbonyl (C=O) groups excluding carboxylic acids is 1. The largest absolute Gasteiger partial charge is 0.328 e. The normalized spacial score (nSPS) is 11.0. The van der Waals surface area contributed by atoms with Gasteiger partial charge in [0.25, 0.3) is 5.56 Å². The zero-order chi connectivity index (χ0) is 20.4. The van der Waals surface area contributed by atoms with Crippen LogP contribution in [-0.2, 0) is 6.54 Å². The minimum absolute atomic E-state index is 0.0288. The van der Waals surface area contributed by atoms with Crippen molar-refractivity contribution < 1.29 is 9.18 Å². The van der Waals surface area contributed by atoms with E-state index in [9.17, 15) is 14.0 Å². The first-order chi connectivity index (χ1) is 13.3. The number of ketones is 1. The molecule has 0 unspecified atom stereocenters. The molecule has 0 aliphatic heterocycles. The third kappa shape index (κ3) is 4.05. The number of benzene rings is 1. The van der Waals surface area contributed by atoms with E-state index in [1.807, 2.05) is 29.9 Å². The van der Waals surface area contributed by atoms with Crippen molar-refractivity contribution in [1.82, 2.24) is 14.1 Å². The molecule has 3 rings (SSSR count). The van der Waals surface area contributed by atoms with Crippen LogP contribution in [0.3, 0.4) is 0 Å². The number of Topliss-reactive ketones (excluding diaryl/α,β-unsaturated/α-hetero) is 1. The summed E-state index contributed by atoms with van der Waals surface area (Å²) in [7, 11) is 0. The Morgan fingerprint density at radius 2 is 2.00 bits per heavy atom. The molecule has 28 heavy (non-hydrogen) atoms. The second-order valence-electron chi connectivity index (χ2n) is 6.26. The van der Waals surface area contributed by atoms with Crippen LogP contribution in [0.4, 0.5) is 4.39 Å². The zero-order valence-corrected chi connectivity index (χ0v) is 17.3. The van der Waals surface area contributed by atoms with Gasteiger partial charge in [0.1, 0.15) is 5.82 Å². The fraction of sp³-hybridized carbons (Fsp3) is 0.250. The number of hydrogen-bond donors (Lipinski definition) is 0. The topological polar surface area (TPSA) is 56.9 Å².